The van der Waals surface area contributed by atoms with E-state index in [0.717, 1.165) is 19.3 Å². The first kappa shape index (κ1) is 26.2. The SMILES string of the molecule is C#C/C=C(/NC(=O)CCC(=O)N(C)CCN(C)CF)C(=O)NCCCCCC#C. The molecule has 0 aromatic heterocycles. The van der Waals surface area contributed by atoms with Gasteiger partial charge in [0, 0.05) is 52.0 Å². The van der Waals surface area contributed by atoms with E-state index in [2.05, 4.69) is 22.5 Å². The highest BCUT2D eigenvalue weighted by Gasteiger charge is 2.15. The van der Waals surface area contributed by atoms with E-state index in [1.54, 1.807) is 14.1 Å². The molecule has 0 spiro atoms. The summed E-state index contributed by atoms with van der Waals surface area (Å²) in [4.78, 5) is 39.1. The van der Waals surface area contributed by atoms with Crippen molar-refractivity contribution in [2.75, 3.05) is 40.5 Å². The number of halogens is 1. The molecule has 7 nitrogen and oxygen atoms in total. The van der Waals surface area contributed by atoms with Crippen LogP contribution in [0.25, 0.3) is 0 Å². The first-order valence-corrected chi connectivity index (χ1v) is 9.52. The third-order valence-electron chi connectivity index (χ3n) is 4.04. The quantitative estimate of drug-likeness (QED) is 0.195. The molecule has 0 unspecified atom stereocenters. The number of unbranched alkanes of at least 4 members (excludes halogenated alkanes) is 3. The van der Waals surface area contributed by atoms with Crippen molar-refractivity contribution in [1.29, 1.82) is 0 Å². The summed E-state index contributed by atoms with van der Waals surface area (Å²) in [6, 6.07) is 0. The number of likely N-dealkylation sites (N-methyl/N-ethyl adjacent to an activating group) is 2. The molecule has 0 aliphatic heterocycles. The van der Waals surface area contributed by atoms with E-state index in [-0.39, 0.29) is 24.4 Å². The highest BCUT2D eigenvalue weighted by Crippen LogP contribution is 2.00. The van der Waals surface area contributed by atoms with Crippen molar-refractivity contribution in [3.05, 3.63) is 11.8 Å². The van der Waals surface area contributed by atoms with E-state index >= 15 is 0 Å². The van der Waals surface area contributed by atoms with Crippen LogP contribution in [0, 0.1) is 24.7 Å². The number of alkyl halides is 1. The number of nitrogens with one attached hydrogen (secondary N) is 2. The zero-order chi connectivity index (χ0) is 22.1. The Bertz CT molecular complexity index is 649. The maximum absolute atomic E-state index is 12.4. The van der Waals surface area contributed by atoms with Crippen molar-refractivity contribution in [2.45, 2.75) is 38.5 Å². The lowest BCUT2D eigenvalue weighted by Gasteiger charge is -2.20. The Morgan fingerprint density at radius 1 is 1.07 bits per heavy atom. The van der Waals surface area contributed by atoms with Crippen LogP contribution in [0.5, 0.6) is 0 Å². The van der Waals surface area contributed by atoms with Crippen LogP contribution < -0.4 is 10.6 Å². The van der Waals surface area contributed by atoms with Gasteiger partial charge in [0.2, 0.25) is 11.8 Å². The molecule has 0 rings (SSSR count). The highest BCUT2D eigenvalue weighted by atomic mass is 19.1. The molecule has 0 radical (unpaired) electrons. The van der Waals surface area contributed by atoms with Gasteiger partial charge >= 0.3 is 0 Å². The molecule has 0 aromatic carbocycles. The molecular weight excluding hydrogens is 375 g/mol. The van der Waals surface area contributed by atoms with Crippen LogP contribution in [0.3, 0.4) is 0 Å². The average Bonchev–Trinajstić information content (AvgIpc) is 2.71. The van der Waals surface area contributed by atoms with Gasteiger partial charge in [0.15, 0.2) is 0 Å². The van der Waals surface area contributed by atoms with Crippen LogP contribution >= 0.6 is 0 Å². The molecule has 0 aromatic rings. The van der Waals surface area contributed by atoms with Gasteiger partial charge in [-0.2, -0.15) is 0 Å². The standard InChI is InChI=1S/C21H31FN4O3/c1-5-7-8-9-10-14-23-21(29)18(11-6-2)24-19(27)12-13-20(28)26(4)16-15-25(3)17-22/h1-2,11H,7-10,12-17H2,3-4H3,(H,23,29)(H,24,27)/b18-11+. The van der Waals surface area contributed by atoms with E-state index in [1.165, 1.54) is 15.9 Å². The van der Waals surface area contributed by atoms with Crippen molar-refractivity contribution < 1.29 is 18.8 Å². The van der Waals surface area contributed by atoms with Crippen LogP contribution in [0.1, 0.15) is 38.5 Å². The zero-order valence-corrected chi connectivity index (χ0v) is 17.3. The molecule has 0 fully saturated rings. The number of terminal acetylenes is 2. The van der Waals surface area contributed by atoms with E-state index in [9.17, 15) is 18.8 Å². The lowest BCUT2D eigenvalue weighted by Crippen LogP contribution is -2.37. The summed E-state index contributed by atoms with van der Waals surface area (Å²) in [7, 11) is 3.19. The van der Waals surface area contributed by atoms with E-state index in [1.807, 2.05) is 0 Å². The summed E-state index contributed by atoms with van der Waals surface area (Å²) >= 11 is 0. The molecule has 0 aliphatic rings. The Balaban J connectivity index is 4.35. The summed E-state index contributed by atoms with van der Waals surface area (Å²) < 4.78 is 12.4. The van der Waals surface area contributed by atoms with Gasteiger partial charge in [-0.25, -0.2) is 4.39 Å². The molecule has 3 amide bonds. The van der Waals surface area contributed by atoms with Gasteiger partial charge in [0.25, 0.3) is 5.91 Å². The van der Waals surface area contributed by atoms with E-state index < -0.39 is 18.6 Å². The van der Waals surface area contributed by atoms with Gasteiger partial charge in [-0.1, -0.05) is 12.3 Å². The van der Waals surface area contributed by atoms with Crippen LogP contribution in [0.15, 0.2) is 11.8 Å². The van der Waals surface area contributed by atoms with Crippen LogP contribution in [-0.4, -0.2) is 68.0 Å². The minimum absolute atomic E-state index is 0.0260. The van der Waals surface area contributed by atoms with E-state index in [0.29, 0.717) is 26.1 Å². The molecule has 0 bridgehead atoms. The monoisotopic (exact) mass is 406 g/mol. The molecule has 0 heterocycles. The van der Waals surface area contributed by atoms with Crippen LogP contribution in [0.2, 0.25) is 0 Å². The smallest absolute Gasteiger partial charge is 0.268 e. The Morgan fingerprint density at radius 3 is 2.41 bits per heavy atom. The third kappa shape index (κ3) is 13.0. The van der Waals surface area contributed by atoms with Gasteiger partial charge in [0.05, 0.1) is 0 Å². The van der Waals surface area contributed by atoms with Crippen LogP contribution in [-0.2, 0) is 14.4 Å². The number of carbonyl (C=O) groups is 3. The molecule has 29 heavy (non-hydrogen) atoms. The number of rotatable bonds is 14. The highest BCUT2D eigenvalue weighted by molar-refractivity contribution is 5.98. The predicted octanol–water partition coefficient (Wildman–Crippen LogP) is 1.03. The Kier molecular flexibility index (Phi) is 14.6. The molecule has 0 aliphatic carbocycles. The van der Waals surface area contributed by atoms with Gasteiger partial charge < -0.3 is 15.5 Å². The minimum Gasteiger partial charge on any atom is -0.351 e. The summed E-state index contributed by atoms with van der Waals surface area (Å²) in [5, 5.41) is 5.13. The molecule has 0 saturated heterocycles. The maximum Gasteiger partial charge on any atom is 0.268 e. The Hall–Kier alpha value is -2.84. The Morgan fingerprint density at radius 2 is 1.79 bits per heavy atom. The van der Waals surface area contributed by atoms with Gasteiger partial charge in [-0.05, 0) is 19.9 Å². The largest absolute Gasteiger partial charge is 0.351 e. The zero-order valence-electron chi connectivity index (χ0n) is 17.3. The molecule has 0 saturated carbocycles. The topological polar surface area (TPSA) is 81.8 Å². The van der Waals surface area contributed by atoms with Crippen LogP contribution in [0.4, 0.5) is 4.39 Å². The average molecular weight is 407 g/mol. The number of amides is 3. The molecular formula is C21H31FN4O3. The number of hydrogen-bond donors (Lipinski definition) is 2. The second kappa shape index (κ2) is 16.1. The first-order chi connectivity index (χ1) is 13.8. The van der Waals surface area contributed by atoms with Crippen molar-refractivity contribution >= 4 is 17.7 Å². The number of nitrogens with zero attached hydrogens (tertiary/aromatic N) is 2. The van der Waals surface area contributed by atoms with Crippen molar-refractivity contribution in [3.8, 4) is 24.7 Å². The normalized spacial score (nSPS) is 10.8. The fourth-order valence-electron chi connectivity index (χ4n) is 2.20. The molecule has 0 atom stereocenters. The fraction of sp³-hybridized carbons (Fsp3) is 0.571. The first-order valence-electron chi connectivity index (χ1n) is 9.52. The lowest BCUT2D eigenvalue weighted by atomic mass is 10.2. The fourth-order valence-corrected chi connectivity index (χ4v) is 2.20. The summed E-state index contributed by atoms with van der Waals surface area (Å²) in [5.74, 6) is 3.56. The molecule has 8 heteroatoms. The second-order valence-corrected chi connectivity index (χ2v) is 6.56. The van der Waals surface area contributed by atoms with Crippen molar-refractivity contribution in [3.63, 3.8) is 0 Å². The summed E-state index contributed by atoms with van der Waals surface area (Å²) in [5.41, 5.74) is -0.0356. The number of carbonyl (C=O) groups excluding carboxylic acids is 3. The second-order valence-electron chi connectivity index (χ2n) is 6.56. The summed E-state index contributed by atoms with van der Waals surface area (Å²) in [6.45, 7) is 0.593. The van der Waals surface area contributed by atoms with Gasteiger partial charge in [-0.15, -0.1) is 18.8 Å². The van der Waals surface area contributed by atoms with E-state index in [4.69, 9.17) is 12.8 Å². The van der Waals surface area contributed by atoms with Crippen molar-refractivity contribution in [2.24, 2.45) is 0 Å². The van der Waals surface area contributed by atoms with Crippen molar-refractivity contribution in [1.82, 2.24) is 20.4 Å². The molecule has 160 valence electrons. The number of hydrogen-bond acceptors (Lipinski definition) is 4. The number of allylic oxidation sites excluding steroid dienone is 1. The Labute approximate surface area is 173 Å². The molecule has 2 N–H and O–H groups in total. The third-order valence-corrected chi connectivity index (χ3v) is 4.04. The minimum atomic E-state index is -0.596. The maximum atomic E-state index is 12.4. The van der Waals surface area contributed by atoms with Gasteiger partial charge in [0.1, 0.15) is 12.5 Å². The lowest BCUT2D eigenvalue weighted by molar-refractivity contribution is -0.132. The summed E-state index contributed by atoms with van der Waals surface area (Å²) in [6.07, 6.45) is 14.7. The predicted molar refractivity (Wildman–Crippen MR) is 111 cm³/mol. The van der Waals surface area contributed by atoms with Gasteiger partial charge in [-0.3, -0.25) is 19.3 Å².